The largest absolute Gasteiger partial charge is 0.404 e. The van der Waals surface area contributed by atoms with Gasteiger partial charge in [-0.1, -0.05) is 6.08 Å². The van der Waals surface area contributed by atoms with Gasteiger partial charge in [0.05, 0.1) is 22.5 Å². The summed E-state index contributed by atoms with van der Waals surface area (Å²) in [7, 11) is -4.55. The van der Waals surface area contributed by atoms with Crippen LogP contribution in [0.5, 0.6) is 0 Å². The SMILES string of the molecule is C=CCc1cc2c(cc1F)c(C#N)c(-c1ccc(S(=O)(=O)N[C@@H](C)C(F)(F)F)cn1)n2-c1ncccn1. The van der Waals surface area contributed by atoms with E-state index in [9.17, 15) is 31.2 Å². The average molecular weight is 531 g/mol. The molecule has 190 valence electrons. The molecular formula is C24H18F4N6O2S. The number of rotatable bonds is 7. The summed E-state index contributed by atoms with van der Waals surface area (Å²) >= 11 is 0. The van der Waals surface area contributed by atoms with E-state index in [1.165, 1.54) is 41.2 Å². The predicted octanol–water partition coefficient (Wildman–Crippen LogP) is 4.45. The zero-order valence-electron chi connectivity index (χ0n) is 19.2. The molecule has 3 aromatic heterocycles. The monoisotopic (exact) mass is 530 g/mol. The molecule has 4 rings (SSSR count). The van der Waals surface area contributed by atoms with E-state index in [2.05, 4.69) is 21.5 Å². The van der Waals surface area contributed by atoms with Crippen LogP contribution in [-0.4, -0.2) is 40.2 Å². The van der Waals surface area contributed by atoms with E-state index >= 15 is 0 Å². The Bertz CT molecular complexity index is 1630. The Hall–Kier alpha value is -4.15. The molecule has 0 bridgehead atoms. The van der Waals surface area contributed by atoms with Crippen LogP contribution in [0.4, 0.5) is 17.6 Å². The molecule has 1 N–H and O–H groups in total. The number of nitrogens with zero attached hydrogens (tertiary/aromatic N) is 5. The Labute approximate surface area is 209 Å². The minimum atomic E-state index is -4.78. The fourth-order valence-electron chi connectivity index (χ4n) is 3.68. The Kier molecular flexibility index (Phi) is 6.81. The van der Waals surface area contributed by atoms with Gasteiger partial charge in [0, 0.05) is 24.0 Å². The van der Waals surface area contributed by atoms with E-state index in [4.69, 9.17) is 0 Å². The molecule has 0 radical (unpaired) electrons. The lowest BCUT2D eigenvalue weighted by Gasteiger charge is -2.17. The van der Waals surface area contributed by atoms with Gasteiger partial charge in [0.2, 0.25) is 16.0 Å². The quantitative estimate of drug-likeness (QED) is 0.279. The summed E-state index contributed by atoms with van der Waals surface area (Å²) in [5.74, 6) is -0.417. The molecule has 1 aromatic carbocycles. The summed E-state index contributed by atoms with van der Waals surface area (Å²) in [6.45, 7) is 4.30. The normalized spacial score (nSPS) is 12.9. The Morgan fingerprint density at radius 1 is 1.22 bits per heavy atom. The second-order valence-corrected chi connectivity index (χ2v) is 9.65. The van der Waals surface area contributed by atoms with Crippen LogP contribution in [0, 0.1) is 17.1 Å². The molecule has 0 fully saturated rings. The molecule has 1 atom stereocenters. The van der Waals surface area contributed by atoms with Crippen molar-refractivity contribution in [1.29, 1.82) is 5.26 Å². The first kappa shape index (κ1) is 25.9. The summed E-state index contributed by atoms with van der Waals surface area (Å²) in [6, 6.07) is 6.34. The Balaban J connectivity index is 1.92. The summed E-state index contributed by atoms with van der Waals surface area (Å²) in [5.41, 5.74) is 0.981. The lowest BCUT2D eigenvalue weighted by Crippen LogP contribution is -2.42. The number of nitriles is 1. The molecule has 0 aliphatic carbocycles. The molecular weight excluding hydrogens is 512 g/mol. The molecule has 37 heavy (non-hydrogen) atoms. The number of benzene rings is 1. The maximum Gasteiger partial charge on any atom is 0.404 e. The lowest BCUT2D eigenvalue weighted by atomic mass is 10.1. The molecule has 13 heteroatoms. The number of nitrogens with one attached hydrogen (secondary N) is 1. The minimum absolute atomic E-state index is 0.0263. The molecule has 3 heterocycles. The van der Waals surface area contributed by atoms with Crippen LogP contribution in [0.15, 0.2) is 66.5 Å². The van der Waals surface area contributed by atoms with Crippen LogP contribution >= 0.6 is 0 Å². The van der Waals surface area contributed by atoms with Crippen molar-refractivity contribution in [3.8, 4) is 23.4 Å². The number of alkyl halides is 3. The highest BCUT2D eigenvalue weighted by molar-refractivity contribution is 7.89. The van der Waals surface area contributed by atoms with Crippen LogP contribution in [0.3, 0.4) is 0 Å². The number of hydrogen-bond acceptors (Lipinski definition) is 6. The minimum Gasteiger partial charge on any atom is -0.275 e. The van der Waals surface area contributed by atoms with E-state index in [1.807, 2.05) is 6.07 Å². The van der Waals surface area contributed by atoms with Gasteiger partial charge in [-0.2, -0.15) is 23.2 Å². The summed E-state index contributed by atoms with van der Waals surface area (Å²) in [4.78, 5) is 12.1. The van der Waals surface area contributed by atoms with Gasteiger partial charge < -0.3 is 0 Å². The highest BCUT2D eigenvalue weighted by atomic mass is 32.2. The second kappa shape index (κ2) is 9.72. The third-order valence-corrected chi connectivity index (χ3v) is 7.00. The van der Waals surface area contributed by atoms with Crippen molar-refractivity contribution in [2.24, 2.45) is 0 Å². The van der Waals surface area contributed by atoms with Crippen LogP contribution in [-0.2, 0) is 16.4 Å². The van der Waals surface area contributed by atoms with Crippen molar-refractivity contribution in [2.75, 3.05) is 0 Å². The average Bonchev–Trinajstić information content (AvgIpc) is 3.17. The molecule has 0 aliphatic rings. The Morgan fingerprint density at radius 2 is 1.92 bits per heavy atom. The molecule has 0 aliphatic heterocycles. The van der Waals surface area contributed by atoms with Gasteiger partial charge in [0.15, 0.2) is 0 Å². The number of pyridine rings is 1. The van der Waals surface area contributed by atoms with Crippen LogP contribution in [0.25, 0.3) is 28.2 Å². The zero-order chi connectivity index (χ0) is 27.0. The fraction of sp³-hybridized carbons (Fsp3) is 0.167. The van der Waals surface area contributed by atoms with Crippen molar-refractivity contribution in [3.63, 3.8) is 0 Å². The van der Waals surface area contributed by atoms with Gasteiger partial charge in [-0.05, 0) is 49.2 Å². The maximum atomic E-state index is 14.8. The van der Waals surface area contributed by atoms with Crippen molar-refractivity contribution < 1.29 is 26.0 Å². The van der Waals surface area contributed by atoms with Crippen LogP contribution < -0.4 is 4.72 Å². The van der Waals surface area contributed by atoms with Gasteiger partial charge >= 0.3 is 6.18 Å². The Morgan fingerprint density at radius 3 is 2.49 bits per heavy atom. The van der Waals surface area contributed by atoms with E-state index < -0.39 is 33.0 Å². The molecule has 0 amide bonds. The molecule has 0 saturated heterocycles. The fourth-order valence-corrected chi connectivity index (χ4v) is 4.85. The van der Waals surface area contributed by atoms with Crippen molar-refractivity contribution >= 4 is 20.9 Å². The van der Waals surface area contributed by atoms with Crippen molar-refractivity contribution in [1.82, 2.24) is 24.2 Å². The first-order valence-corrected chi connectivity index (χ1v) is 12.2. The van der Waals surface area contributed by atoms with E-state index in [1.54, 1.807) is 10.8 Å². The standard InChI is InChI=1S/C24H18F4N6O2S/c1-3-5-15-10-21-17(11-19(15)25)18(12-29)22(34(21)23-30-8-4-9-31-23)20-7-6-16(13-32-20)37(35,36)33-14(2)24(26,27)28/h3-4,6-11,13-14,33H,1,5H2,2H3/t14-/m0/s1. The maximum absolute atomic E-state index is 14.8. The van der Waals surface area contributed by atoms with Crippen molar-refractivity contribution in [2.45, 2.75) is 30.5 Å². The van der Waals surface area contributed by atoms with Gasteiger partial charge in [0.1, 0.15) is 22.8 Å². The third-order valence-electron chi connectivity index (χ3n) is 5.48. The van der Waals surface area contributed by atoms with Gasteiger partial charge in [-0.25, -0.2) is 22.8 Å². The predicted molar refractivity (Wildman–Crippen MR) is 127 cm³/mol. The van der Waals surface area contributed by atoms with Crippen LogP contribution in [0.1, 0.15) is 18.1 Å². The number of sulfonamides is 1. The zero-order valence-corrected chi connectivity index (χ0v) is 20.0. The number of fused-ring (bicyclic) bond motifs is 1. The molecule has 0 spiro atoms. The first-order chi connectivity index (χ1) is 17.5. The van der Waals surface area contributed by atoms with Crippen molar-refractivity contribution in [3.05, 3.63) is 78.5 Å². The molecule has 0 unspecified atom stereocenters. The number of aromatic nitrogens is 4. The van der Waals surface area contributed by atoms with E-state index in [-0.39, 0.29) is 34.7 Å². The molecule has 8 nitrogen and oxygen atoms in total. The van der Waals surface area contributed by atoms with Crippen LogP contribution in [0.2, 0.25) is 0 Å². The highest BCUT2D eigenvalue weighted by Crippen LogP contribution is 2.36. The number of hydrogen-bond donors (Lipinski definition) is 1. The van der Waals surface area contributed by atoms with Gasteiger partial charge in [0.25, 0.3) is 0 Å². The summed E-state index contributed by atoms with van der Waals surface area (Å²) in [5, 5.41) is 10.2. The smallest absolute Gasteiger partial charge is 0.275 e. The number of allylic oxidation sites excluding steroid dienone is 1. The topological polar surface area (TPSA) is 114 Å². The highest BCUT2D eigenvalue weighted by Gasteiger charge is 2.39. The number of halogens is 4. The third kappa shape index (κ3) is 4.93. The van der Waals surface area contributed by atoms with E-state index in [0.29, 0.717) is 18.0 Å². The van der Waals surface area contributed by atoms with Gasteiger partial charge in [-0.15, -0.1) is 6.58 Å². The summed E-state index contributed by atoms with van der Waals surface area (Å²) in [6.07, 6.45) is 0.770. The second-order valence-electron chi connectivity index (χ2n) is 7.94. The first-order valence-electron chi connectivity index (χ1n) is 10.7. The molecule has 0 saturated carbocycles. The summed E-state index contributed by atoms with van der Waals surface area (Å²) < 4.78 is 81.3. The van der Waals surface area contributed by atoms with Gasteiger partial charge in [-0.3, -0.25) is 9.55 Å². The lowest BCUT2D eigenvalue weighted by molar-refractivity contribution is -0.147. The van der Waals surface area contributed by atoms with E-state index in [0.717, 1.165) is 12.3 Å². The molecule has 4 aromatic rings.